The summed E-state index contributed by atoms with van der Waals surface area (Å²) in [6.45, 7) is 13.6. The van der Waals surface area contributed by atoms with Crippen molar-refractivity contribution in [3.05, 3.63) is 83.4 Å². The minimum Gasteiger partial charge on any atom is -0.492 e. The lowest BCUT2D eigenvalue weighted by atomic mass is 9.65. The zero-order chi connectivity index (χ0) is 34.3. The van der Waals surface area contributed by atoms with Crippen LogP contribution in [0.1, 0.15) is 70.6 Å². The van der Waals surface area contributed by atoms with Crippen LogP contribution in [0.5, 0.6) is 23.0 Å². The average molecular weight is 663 g/mol. The molecule has 1 heterocycles. The summed E-state index contributed by atoms with van der Waals surface area (Å²) in [7, 11) is 3.83. The first-order valence-electron chi connectivity index (χ1n) is 15.9. The summed E-state index contributed by atoms with van der Waals surface area (Å²) in [4.78, 5) is 0. The van der Waals surface area contributed by atoms with Gasteiger partial charge in [0.05, 0.1) is 11.0 Å². The van der Waals surface area contributed by atoms with E-state index in [1.165, 1.54) is 5.56 Å². The first-order valence-corrected chi connectivity index (χ1v) is 16.7. The Balaban J connectivity index is 1.56. The Hall–Kier alpha value is -3.52. The van der Waals surface area contributed by atoms with E-state index in [4.69, 9.17) is 32.8 Å². The fourth-order valence-corrected chi connectivity index (χ4v) is 6.66. The molecule has 0 aliphatic carbocycles. The molecule has 4 atom stereocenters. The van der Waals surface area contributed by atoms with Crippen LogP contribution < -0.4 is 18.9 Å². The Morgan fingerprint density at radius 2 is 1.45 bits per heavy atom. The highest BCUT2D eigenvalue weighted by atomic mass is 28.2. The SMILES string of the molecule is COCOc1ccc(C2(C)COc3cc(OCOC)ccc3C2(O)C#CCOc2ccc(C(C)CC(C)(O[SiH3])C(C)(C)C)cc2)cc1. The zero-order valence-electron chi connectivity index (χ0n) is 29.3. The van der Waals surface area contributed by atoms with Gasteiger partial charge in [-0.1, -0.05) is 63.8 Å². The van der Waals surface area contributed by atoms with Crippen LogP contribution in [0.25, 0.3) is 0 Å². The fraction of sp³-hybridized carbons (Fsp3) is 0.474. The zero-order valence-corrected chi connectivity index (χ0v) is 31.3. The van der Waals surface area contributed by atoms with Crippen molar-refractivity contribution in [2.24, 2.45) is 5.41 Å². The maximum atomic E-state index is 12.5. The number of hydrogen-bond acceptors (Lipinski definition) is 8. The molecular weight excluding hydrogens is 612 g/mol. The van der Waals surface area contributed by atoms with Crippen molar-refractivity contribution in [2.75, 3.05) is 41.0 Å². The van der Waals surface area contributed by atoms with E-state index in [2.05, 4.69) is 58.6 Å². The van der Waals surface area contributed by atoms with Gasteiger partial charge in [0.15, 0.2) is 19.2 Å². The molecule has 0 spiro atoms. The Kier molecular flexibility index (Phi) is 11.7. The number of aliphatic hydroxyl groups is 1. The third-order valence-corrected chi connectivity index (χ3v) is 10.5. The number of methoxy groups -OCH3 is 2. The highest BCUT2D eigenvalue weighted by molar-refractivity contribution is 5.98. The van der Waals surface area contributed by atoms with Crippen molar-refractivity contribution >= 4 is 10.5 Å². The summed E-state index contributed by atoms with van der Waals surface area (Å²) in [5, 5.41) is 12.5. The van der Waals surface area contributed by atoms with Crippen molar-refractivity contribution in [1.29, 1.82) is 0 Å². The second-order valence-corrected chi connectivity index (χ2v) is 14.0. The summed E-state index contributed by atoms with van der Waals surface area (Å²) >= 11 is 0. The van der Waals surface area contributed by atoms with Gasteiger partial charge in [0.25, 0.3) is 0 Å². The van der Waals surface area contributed by atoms with Crippen LogP contribution >= 0.6 is 0 Å². The summed E-state index contributed by atoms with van der Waals surface area (Å²) in [6, 6.07) is 21.0. The standard InChI is InChI=1S/C38H50O8Si/c1-27(23-37(6,46-47)35(2,3)4)28-10-14-30(15-11-28)42-21-9-20-38(39)33-19-18-32(45-26-41-8)22-34(33)43-24-36(38,5)29-12-16-31(17-13-29)44-25-40-7/h10-19,22,27,39H,21,23-26H2,1-8,47H3. The van der Waals surface area contributed by atoms with Gasteiger partial charge < -0.3 is 38.0 Å². The highest BCUT2D eigenvalue weighted by Crippen LogP contribution is 2.50. The van der Waals surface area contributed by atoms with Crippen LogP contribution in [-0.4, -0.2) is 62.2 Å². The van der Waals surface area contributed by atoms with Gasteiger partial charge in [-0.25, -0.2) is 0 Å². The van der Waals surface area contributed by atoms with E-state index < -0.39 is 11.0 Å². The fourth-order valence-electron chi connectivity index (χ4n) is 5.88. The van der Waals surface area contributed by atoms with E-state index in [0.717, 1.165) is 12.0 Å². The normalized spacial score (nSPS) is 21.0. The van der Waals surface area contributed by atoms with E-state index in [1.54, 1.807) is 32.4 Å². The Labute approximate surface area is 283 Å². The molecular formula is C38H50O8Si. The molecule has 47 heavy (non-hydrogen) atoms. The van der Waals surface area contributed by atoms with Crippen molar-refractivity contribution in [3.63, 3.8) is 0 Å². The minimum absolute atomic E-state index is 0.0395. The van der Waals surface area contributed by atoms with E-state index in [1.807, 2.05) is 43.3 Å². The molecule has 1 aliphatic heterocycles. The molecule has 3 aromatic rings. The predicted molar refractivity (Wildman–Crippen MR) is 186 cm³/mol. The number of benzene rings is 3. The molecule has 1 aliphatic rings. The summed E-state index contributed by atoms with van der Waals surface area (Å²) in [5.41, 5.74) is -0.0741. The van der Waals surface area contributed by atoms with Gasteiger partial charge >= 0.3 is 0 Å². The van der Waals surface area contributed by atoms with E-state index in [0.29, 0.717) is 45.0 Å². The Morgan fingerprint density at radius 3 is 2.04 bits per heavy atom. The second kappa shape index (κ2) is 15.1. The monoisotopic (exact) mass is 662 g/mol. The molecule has 0 saturated carbocycles. The van der Waals surface area contributed by atoms with Gasteiger partial charge in [-0.15, -0.1) is 0 Å². The molecule has 3 aromatic carbocycles. The summed E-state index contributed by atoms with van der Waals surface area (Å²) in [6.07, 6.45) is 0.928. The van der Waals surface area contributed by atoms with Crippen molar-refractivity contribution in [1.82, 2.24) is 0 Å². The van der Waals surface area contributed by atoms with Crippen LogP contribution in [0.4, 0.5) is 0 Å². The number of hydrogen-bond donors (Lipinski definition) is 1. The smallest absolute Gasteiger partial charge is 0.188 e. The lowest BCUT2D eigenvalue weighted by Gasteiger charge is -2.46. The van der Waals surface area contributed by atoms with E-state index in [-0.39, 0.29) is 37.8 Å². The molecule has 4 unspecified atom stereocenters. The van der Waals surface area contributed by atoms with Gasteiger partial charge in [-0.05, 0) is 79.1 Å². The maximum absolute atomic E-state index is 12.5. The van der Waals surface area contributed by atoms with E-state index in [9.17, 15) is 5.11 Å². The highest BCUT2D eigenvalue weighted by Gasteiger charge is 2.53. The first kappa shape index (κ1) is 36.3. The molecule has 9 heteroatoms. The minimum atomic E-state index is -1.61. The van der Waals surface area contributed by atoms with Crippen molar-refractivity contribution in [2.45, 2.75) is 70.5 Å². The van der Waals surface area contributed by atoms with Crippen molar-refractivity contribution in [3.8, 4) is 34.8 Å². The number of fused-ring (bicyclic) bond motifs is 1. The molecule has 0 radical (unpaired) electrons. The third kappa shape index (κ3) is 7.96. The first-order chi connectivity index (χ1) is 22.3. The Bertz CT molecular complexity index is 1520. The van der Waals surface area contributed by atoms with Gasteiger partial charge in [-0.2, -0.15) is 0 Å². The second-order valence-electron chi connectivity index (χ2n) is 13.6. The van der Waals surface area contributed by atoms with Gasteiger partial charge in [0.2, 0.25) is 0 Å². The molecule has 254 valence electrons. The summed E-state index contributed by atoms with van der Waals surface area (Å²) < 4.78 is 39.6. The van der Waals surface area contributed by atoms with Crippen LogP contribution in [0.2, 0.25) is 0 Å². The molecule has 0 fully saturated rings. The molecule has 1 N–H and O–H groups in total. The predicted octanol–water partition coefficient (Wildman–Crippen LogP) is 5.87. The van der Waals surface area contributed by atoms with Gasteiger partial charge in [-0.3, -0.25) is 0 Å². The van der Waals surface area contributed by atoms with E-state index >= 15 is 0 Å². The lowest BCUT2D eigenvalue weighted by molar-refractivity contribution is -0.0274. The van der Waals surface area contributed by atoms with Crippen LogP contribution in [0.15, 0.2) is 66.7 Å². The molecule has 0 bridgehead atoms. The van der Waals surface area contributed by atoms with Crippen LogP contribution in [-0.2, 0) is 24.9 Å². The number of ether oxygens (including phenoxy) is 6. The maximum Gasteiger partial charge on any atom is 0.188 e. The molecule has 8 nitrogen and oxygen atoms in total. The topological polar surface area (TPSA) is 84.8 Å². The largest absolute Gasteiger partial charge is 0.492 e. The molecule has 0 aromatic heterocycles. The summed E-state index contributed by atoms with van der Waals surface area (Å²) in [5.74, 6) is 9.03. The quantitative estimate of drug-likeness (QED) is 0.138. The Morgan fingerprint density at radius 1 is 0.872 bits per heavy atom. The van der Waals surface area contributed by atoms with Crippen LogP contribution in [0, 0.1) is 17.3 Å². The van der Waals surface area contributed by atoms with Crippen LogP contribution in [0.3, 0.4) is 0 Å². The average Bonchev–Trinajstić information content (AvgIpc) is 3.06. The number of rotatable bonds is 13. The molecule has 0 saturated heterocycles. The molecule has 4 rings (SSSR count). The van der Waals surface area contributed by atoms with Crippen molar-refractivity contribution < 1.29 is 38.0 Å². The van der Waals surface area contributed by atoms with Gasteiger partial charge in [0.1, 0.15) is 46.7 Å². The molecule has 0 amide bonds. The lowest BCUT2D eigenvalue weighted by Crippen LogP contribution is -2.53. The van der Waals surface area contributed by atoms with Gasteiger partial charge in [0, 0.05) is 25.8 Å². The third-order valence-electron chi connectivity index (χ3n) is 9.60.